The third-order valence-electron chi connectivity index (χ3n) is 1.46. The average Bonchev–Trinajstić information content (AvgIpc) is 2.27. The molecular weight excluding hydrogens is 332 g/mol. The van der Waals surface area contributed by atoms with Gasteiger partial charge in [0.25, 0.3) is 0 Å². The van der Waals surface area contributed by atoms with Crippen LogP contribution in [0, 0.1) is 13.0 Å². The minimum atomic E-state index is 0. The minimum Gasteiger partial charge on any atom is -0.223 e. The molecule has 2 heteroatoms. The zero-order valence-corrected chi connectivity index (χ0v) is 9.26. The van der Waals surface area contributed by atoms with Crippen LogP contribution in [0.3, 0.4) is 0 Å². The first-order valence-electron chi connectivity index (χ1n) is 3.24. The maximum atomic E-state index is 3.28. The first-order chi connectivity index (χ1) is 4.86. The number of benzene rings is 1. The third-order valence-corrected chi connectivity index (χ3v) is 2.44. The average molecular weight is 339 g/mol. The maximum Gasteiger partial charge on any atom is 0 e. The van der Waals surface area contributed by atoms with E-state index < -0.39 is 0 Å². The largest absolute Gasteiger partial charge is 0.223 e. The molecule has 0 unspecified atom stereocenters. The molecule has 0 nitrogen and oxygen atoms in total. The topological polar surface area (TPSA) is 0 Å². The second-order valence-electron chi connectivity index (χ2n) is 2.28. The van der Waals surface area contributed by atoms with Crippen molar-refractivity contribution >= 4 is 21.4 Å². The summed E-state index contributed by atoms with van der Waals surface area (Å²) in [5.41, 5.74) is 0. The van der Waals surface area contributed by atoms with Crippen LogP contribution in [0.4, 0.5) is 0 Å². The van der Waals surface area contributed by atoms with E-state index in [2.05, 4.69) is 31.2 Å². The summed E-state index contributed by atoms with van der Waals surface area (Å²) in [7, 11) is 0. The number of aryl methyl sites for hydroxylation is 1. The zero-order chi connectivity index (χ0) is 6.97. The van der Waals surface area contributed by atoms with E-state index in [0.29, 0.717) is 0 Å². The zero-order valence-electron chi connectivity index (χ0n) is 6.05. The van der Waals surface area contributed by atoms with Gasteiger partial charge in [0.05, 0.1) is 0 Å². The molecule has 0 fully saturated rings. The summed E-state index contributed by atoms with van der Waals surface area (Å²) in [6.45, 7) is 2.09. The monoisotopic (exact) mass is 340 g/mol. The van der Waals surface area contributed by atoms with E-state index in [9.17, 15) is 0 Å². The van der Waals surface area contributed by atoms with Gasteiger partial charge in [-0.15, -0.1) is 12.1 Å². The molecule has 0 aliphatic carbocycles. The van der Waals surface area contributed by atoms with E-state index in [1.54, 1.807) is 11.3 Å². The van der Waals surface area contributed by atoms with Gasteiger partial charge in [0, 0.05) is 20.1 Å². The Morgan fingerprint density at radius 2 is 2.00 bits per heavy atom. The number of thiophene rings is 1. The molecule has 0 amide bonds. The van der Waals surface area contributed by atoms with Crippen LogP contribution in [0.2, 0.25) is 0 Å². The Hall–Kier alpha value is -0.171. The van der Waals surface area contributed by atoms with E-state index in [4.69, 9.17) is 0 Å². The number of hydrogen-bond donors (Lipinski definition) is 0. The minimum absolute atomic E-state index is 0. The first kappa shape index (κ1) is 8.92. The molecule has 1 radical (unpaired) electrons. The molecule has 1 aromatic heterocycles. The number of rotatable bonds is 0. The van der Waals surface area contributed by atoms with E-state index in [1.165, 1.54) is 15.0 Å². The summed E-state index contributed by atoms with van der Waals surface area (Å²) in [4.78, 5) is 1.27. The van der Waals surface area contributed by atoms with Crippen LogP contribution >= 0.6 is 11.3 Å². The molecule has 0 saturated heterocycles. The molecule has 0 aliphatic heterocycles. The number of hydrogen-bond acceptors (Lipinski definition) is 1. The van der Waals surface area contributed by atoms with Gasteiger partial charge in [-0.25, -0.2) is 11.3 Å². The van der Waals surface area contributed by atoms with Crippen LogP contribution < -0.4 is 0 Å². The molecule has 0 N–H and O–H groups in total. The third kappa shape index (κ3) is 1.70. The van der Waals surface area contributed by atoms with Crippen LogP contribution in [0.1, 0.15) is 4.88 Å². The second kappa shape index (κ2) is 3.48. The summed E-state index contributed by atoms with van der Waals surface area (Å²) < 4.78 is 1.33. The molecular formula is C9H7IrS-. The fraction of sp³-hybridized carbons (Fsp3) is 0.111. The van der Waals surface area contributed by atoms with Crippen molar-refractivity contribution in [3.05, 3.63) is 35.2 Å². The van der Waals surface area contributed by atoms with Crippen LogP contribution in [-0.2, 0) is 20.1 Å². The van der Waals surface area contributed by atoms with Gasteiger partial charge in [0.1, 0.15) is 0 Å². The quantitative estimate of drug-likeness (QED) is 0.647. The predicted molar refractivity (Wildman–Crippen MR) is 45.4 cm³/mol. The molecule has 2 rings (SSSR count). The van der Waals surface area contributed by atoms with Crippen LogP contribution in [0.25, 0.3) is 10.1 Å². The van der Waals surface area contributed by atoms with Crippen molar-refractivity contribution in [2.24, 2.45) is 0 Å². The van der Waals surface area contributed by atoms with E-state index in [1.807, 2.05) is 6.07 Å². The van der Waals surface area contributed by atoms with E-state index in [-0.39, 0.29) is 20.1 Å². The predicted octanol–water partition coefficient (Wildman–Crippen LogP) is 3.01. The Morgan fingerprint density at radius 1 is 1.27 bits per heavy atom. The van der Waals surface area contributed by atoms with Gasteiger partial charge >= 0.3 is 0 Å². The van der Waals surface area contributed by atoms with Crippen LogP contribution in [-0.4, -0.2) is 0 Å². The van der Waals surface area contributed by atoms with Gasteiger partial charge in [-0.2, -0.15) is 17.5 Å². The molecule has 59 valence electrons. The standard InChI is InChI=1S/C9H7S.Ir/c1-7-6-8-4-2-3-5-9(8)10-7;/h2-5H,1H3;/q-1;. The smallest absolute Gasteiger partial charge is 0 e. The van der Waals surface area contributed by atoms with Gasteiger partial charge in [-0.05, 0) is 6.92 Å². The van der Waals surface area contributed by atoms with E-state index >= 15 is 0 Å². The molecule has 1 heterocycles. The summed E-state index contributed by atoms with van der Waals surface area (Å²) >= 11 is 1.80. The van der Waals surface area contributed by atoms with Gasteiger partial charge < -0.3 is 0 Å². The molecule has 11 heavy (non-hydrogen) atoms. The number of fused-ring (bicyclic) bond motifs is 1. The summed E-state index contributed by atoms with van der Waals surface area (Å²) in [6.07, 6.45) is 0. The van der Waals surface area contributed by atoms with Gasteiger partial charge in [0.15, 0.2) is 0 Å². The molecule has 2 aromatic rings. The van der Waals surface area contributed by atoms with Crippen LogP contribution in [0.15, 0.2) is 24.3 Å². The van der Waals surface area contributed by atoms with Crippen molar-refractivity contribution in [3.8, 4) is 0 Å². The Labute approximate surface area is 83.6 Å². The molecule has 0 saturated carbocycles. The summed E-state index contributed by atoms with van der Waals surface area (Å²) in [6, 6.07) is 11.6. The van der Waals surface area contributed by atoms with Gasteiger partial charge in [-0.3, -0.25) is 0 Å². The van der Waals surface area contributed by atoms with Crippen molar-refractivity contribution in [1.29, 1.82) is 0 Å². The molecule has 0 aliphatic rings. The maximum absolute atomic E-state index is 3.28. The normalized spacial score (nSPS) is 9.55. The summed E-state index contributed by atoms with van der Waals surface area (Å²) in [5, 5.41) is 1.24. The molecule has 0 spiro atoms. The van der Waals surface area contributed by atoms with Crippen molar-refractivity contribution in [1.82, 2.24) is 0 Å². The summed E-state index contributed by atoms with van der Waals surface area (Å²) in [5.74, 6) is 0. The Balaban J connectivity index is 0.000000605. The van der Waals surface area contributed by atoms with Crippen molar-refractivity contribution < 1.29 is 20.1 Å². The molecule has 1 aromatic carbocycles. The molecule has 0 bridgehead atoms. The SMILES string of the molecule is Cc1[c-]c2ccccc2s1.[Ir]. The van der Waals surface area contributed by atoms with Crippen molar-refractivity contribution in [2.75, 3.05) is 0 Å². The molecule has 0 atom stereocenters. The van der Waals surface area contributed by atoms with Crippen LogP contribution in [0.5, 0.6) is 0 Å². The fourth-order valence-electron chi connectivity index (χ4n) is 1.04. The second-order valence-corrected chi connectivity index (χ2v) is 3.54. The van der Waals surface area contributed by atoms with Gasteiger partial charge in [-0.1, -0.05) is 15.6 Å². The van der Waals surface area contributed by atoms with Gasteiger partial charge in [0.2, 0.25) is 0 Å². The Morgan fingerprint density at radius 3 is 2.73 bits per heavy atom. The first-order valence-corrected chi connectivity index (χ1v) is 4.05. The van der Waals surface area contributed by atoms with Crippen molar-refractivity contribution in [2.45, 2.75) is 6.92 Å². The van der Waals surface area contributed by atoms with Crippen molar-refractivity contribution in [3.63, 3.8) is 0 Å². The van der Waals surface area contributed by atoms with E-state index in [0.717, 1.165) is 0 Å². The fourth-order valence-corrected chi connectivity index (χ4v) is 1.91. The Kier molecular flexibility index (Phi) is 2.83. The Bertz CT molecular complexity index is 318.